The molecule has 0 aromatic heterocycles. The molecule has 0 saturated heterocycles. The fourth-order valence-electron chi connectivity index (χ4n) is 4.34. The van der Waals surface area contributed by atoms with E-state index in [1.807, 2.05) is 19.1 Å². The zero-order valence-corrected chi connectivity index (χ0v) is 25.2. The lowest BCUT2D eigenvalue weighted by Crippen LogP contribution is -2.38. The molecule has 42 heavy (non-hydrogen) atoms. The summed E-state index contributed by atoms with van der Waals surface area (Å²) < 4.78 is 33.9. The highest BCUT2D eigenvalue weighted by Crippen LogP contribution is 2.33. The molecule has 9 heteroatoms. The third-order valence-corrected chi connectivity index (χ3v) is 8.41. The first kappa shape index (κ1) is 30.3. The van der Waals surface area contributed by atoms with E-state index in [1.165, 1.54) is 19.2 Å². The van der Waals surface area contributed by atoms with Crippen molar-refractivity contribution in [2.75, 3.05) is 28.6 Å². The molecule has 0 aliphatic rings. The number of nitrogens with one attached hydrogen (secondary N) is 2. The van der Waals surface area contributed by atoms with Crippen LogP contribution in [0.25, 0.3) is 0 Å². The predicted molar refractivity (Wildman–Crippen MR) is 167 cm³/mol. The van der Waals surface area contributed by atoms with Crippen molar-refractivity contribution < 1.29 is 22.7 Å². The van der Waals surface area contributed by atoms with E-state index in [2.05, 4.69) is 31.4 Å². The number of carbonyl (C=O) groups excluding carboxylic acids is 2. The molecule has 2 amide bonds. The van der Waals surface area contributed by atoms with Crippen LogP contribution in [0.1, 0.15) is 42.3 Å². The smallest absolute Gasteiger partial charge is 0.264 e. The Morgan fingerprint density at radius 3 is 2.07 bits per heavy atom. The van der Waals surface area contributed by atoms with Gasteiger partial charge in [-0.05, 0) is 78.1 Å². The Morgan fingerprint density at radius 1 is 0.810 bits per heavy atom. The highest BCUT2D eigenvalue weighted by molar-refractivity contribution is 7.92. The number of anilines is 3. The van der Waals surface area contributed by atoms with Crippen molar-refractivity contribution in [1.82, 2.24) is 0 Å². The molecule has 0 fully saturated rings. The van der Waals surface area contributed by atoms with Gasteiger partial charge in [0, 0.05) is 16.9 Å². The van der Waals surface area contributed by atoms with E-state index in [9.17, 15) is 18.0 Å². The van der Waals surface area contributed by atoms with Gasteiger partial charge in [0.2, 0.25) is 5.91 Å². The largest absolute Gasteiger partial charge is 0.495 e. The van der Waals surface area contributed by atoms with Gasteiger partial charge >= 0.3 is 0 Å². The Hall–Kier alpha value is -4.63. The van der Waals surface area contributed by atoms with Crippen LogP contribution < -0.4 is 19.7 Å². The topological polar surface area (TPSA) is 105 Å². The molecule has 0 spiro atoms. The summed E-state index contributed by atoms with van der Waals surface area (Å²) in [7, 11) is -2.68. The molecule has 218 valence electrons. The predicted octanol–water partition coefficient (Wildman–Crippen LogP) is 6.39. The van der Waals surface area contributed by atoms with Gasteiger partial charge in [0.1, 0.15) is 12.3 Å². The van der Waals surface area contributed by atoms with Gasteiger partial charge in [-0.1, -0.05) is 63.2 Å². The molecule has 0 aliphatic heterocycles. The van der Waals surface area contributed by atoms with Crippen LogP contribution in [0.4, 0.5) is 17.1 Å². The van der Waals surface area contributed by atoms with Crippen molar-refractivity contribution in [2.45, 2.75) is 38.0 Å². The highest BCUT2D eigenvalue weighted by atomic mass is 32.2. The van der Waals surface area contributed by atoms with E-state index in [0.717, 1.165) is 15.4 Å². The lowest BCUT2D eigenvalue weighted by Gasteiger charge is -2.26. The number of ether oxygens (including phenoxy) is 1. The molecule has 4 aromatic carbocycles. The summed E-state index contributed by atoms with van der Waals surface area (Å²) in [6.07, 6.45) is 0. The first-order valence-corrected chi connectivity index (χ1v) is 14.9. The average Bonchev–Trinajstić information content (AvgIpc) is 2.96. The minimum Gasteiger partial charge on any atom is -0.495 e. The molecule has 0 unspecified atom stereocenters. The maximum atomic E-state index is 13.7. The Labute approximate surface area is 247 Å². The fraction of sp³-hybridized carbons (Fsp3) is 0.212. The molecule has 0 bridgehead atoms. The van der Waals surface area contributed by atoms with E-state index in [-0.39, 0.29) is 21.9 Å². The molecule has 0 saturated carbocycles. The van der Waals surface area contributed by atoms with Crippen LogP contribution >= 0.6 is 0 Å². The summed E-state index contributed by atoms with van der Waals surface area (Å²) in [6, 6.07) is 27.2. The minimum absolute atomic E-state index is 0.0258. The zero-order valence-electron chi connectivity index (χ0n) is 24.3. The van der Waals surface area contributed by atoms with Crippen LogP contribution in [-0.2, 0) is 20.2 Å². The lowest BCUT2D eigenvalue weighted by atomic mass is 9.87. The van der Waals surface area contributed by atoms with Crippen LogP contribution in [0.2, 0.25) is 0 Å². The molecule has 0 atom stereocenters. The standard InChI is InChI=1S/C33H35N3O5S/c1-23-14-19-30(41-5)29(20-23)36(42(39,40)28-12-7-6-8-13-28)22-31(37)34-26-10-9-11-27(21-26)35-32(38)24-15-17-25(18-16-24)33(2,3)4/h6-21H,22H2,1-5H3,(H,34,37)(H,35,38). The lowest BCUT2D eigenvalue weighted by molar-refractivity contribution is -0.114. The summed E-state index contributed by atoms with van der Waals surface area (Å²) in [5, 5.41) is 5.61. The molecular weight excluding hydrogens is 550 g/mol. The van der Waals surface area contributed by atoms with Crippen LogP contribution in [0, 0.1) is 6.92 Å². The van der Waals surface area contributed by atoms with Gasteiger partial charge in [0.25, 0.3) is 15.9 Å². The van der Waals surface area contributed by atoms with E-state index in [0.29, 0.717) is 22.7 Å². The van der Waals surface area contributed by atoms with Crippen LogP contribution in [0.5, 0.6) is 5.75 Å². The molecule has 4 rings (SSSR count). The number of benzene rings is 4. The van der Waals surface area contributed by atoms with E-state index in [1.54, 1.807) is 72.8 Å². The summed E-state index contributed by atoms with van der Waals surface area (Å²) in [6.45, 7) is 7.64. The van der Waals surface area contributed by atoms with Crippen molar-refractivity contribution in [2.24, 2.45) is 0 Å². The fourth-order valence-corrected chi connectivity index (χ4v) is 5.79. The second-order valence-electron chi connectivity index (χ2n) is 10.9. The molecule has 0 aliphatic carbocycles. The Balaban J connectivity index is 1.55. The van der Waals surface area contributed by atoms with Gasteiger partial charge in [-0.25, -0.2) is 8.42 Å². The van der Waals surface area contributed by atoms with Gasteiger partial charge in [0.05, 0.1) is 17.7 Å². The zero-order chi connectivity index (χ0) is 30.5. The number of rotatable bonds is 9. The molecule has 0 radical (unpaired) electrons. The number of amides is 2. The molecule has 2 N–H and O–H groups in total. The highest BCUT2D eigenvalue weighted by Gasteiger charge is 2.29. The Bertz CT molecular complexity index is 1680. The van der Waals surface area contributed by atoms with Gasteiger partial charge in [-0.3, -0.25) is 13.9 Å². The minimum atomic E-state index is -4.12. The third-order valence-electron chi connectivity index (χ3n) is 6.64. The van der Waals surface area contributed by atoms with Gasteiger partial charge < -0.3 is 15.4 Å². The Kier molecular flexibility index (Phi) is 9.02. The van der Waals surface area contributed by atoms with Crippen LogP contribution in [0.3, 0.4) is 0 Å². The van der Waals surface area contributed by atoms with Gasteiger partial charge in [-0.15, -0.1) is 0 Å². The normalized spacial score (nSPS) is 11.5. The average molecular weight is 586 g/mol. The number of sulfonamides is 1. The van der Waals surface area contributed by atoms with Crippen molar-refractivity contribution >= 4 is 38.9 Å². The summed E-state index contributed by atoms with van der Waals surface area (Å²) in [5.41, 5.74) is 3.52. The van der Waals surface area contributed by atoms with Gasteiger partial charge in [-0.2, -0.15) is 0 Å². The van der Waals surface area contributed by atoms with Crippen molar-refractivity contribution in [1.29, 1.82) is 0 Å². The maximum absolute atomic E-state index is 13.7. The molecule has 4 aromatic rings. The second kappa shape index (κ2) is 12.5. The number of methoxy groups -OCH3 is 1. The van der Waals surface area contributed by atoms with E-state index >= 15 is 0 Å². The summed E-state index contributed by atoms with van der Waals surface area (Å²) in [4.78, 5) is 26.2. The number of carbonyl (C=O) groups is 2. The monoisotopic (exact) mass is 585 g/mol. The second-order valence-corrected chi connectivity index (χ2v) is 12.8. The first-order chi connectivity index (χ1) is 19.9. The first-order valence-electron chi connectivity index (χ1n) is 13.4. The van der Waals surface area contributed by atoms with Crippen molar-refractivity contribution in [3.63, 3.8) is 0 Å². The quantitative estimate of drug-likeness (QED) is 0.237. The number of nitrogens with zero attached hydrogens (tertiary/aromatic N) is 1. The van der Waals surface area contributed by atoms with Crippen LogP contribution in [-0.4, -0.2) is 33.9 Å². The van der Waals surface area contributed by atoms with Crippen molar-refractivity contribution in [3.05, 3.63) is 114 Å². The third kappa shape index (κ3) is 7.16. The van der Waals surface area contributed by atoms with Crippen molar-refractivity contribution in [3.8, 4) is 5.75 Å². The molecular formula is C33H35N3O5S. The SMILES string of the molecule is COc1ccc(C)cc1N(CC(=O)Nc1cccc(NC(=O)c2ccc(C(C)(C)C)cc2)c1)S(=O)(=O)c1ccccc1. The van der Waals surface area contributed by atoms with Gasteiger partial charge in [0.15, 0.2) is 0 Å². The Morgan fingerprint density at radius 2 is 1.45 bits per heavy atom. The molecule has 8 nitrogen and oxygen atoms in total. The van der Waals surface area contributed by atoms with E-state index in [4.69, 9.17) is 4.74 Å². The molecule has 0 heterocycles. The number of aryl methyl sites for hydroxylation is 1. The number of hydrogen-bond acceptors (Lipinski definition) is 5. The maximum Gasteiger partial charge on any atom is 0.264 e. The summed E-state index contributed by atoms with van der Waals surface area (Å²) in [5.74, 6) is -0.543. The number of hydrogen-bond donors (Lipinski definition) is 2. The summed E-state index contributed by atoms with van der Waals surface area (Å²) >= 11 is 0. The van der Waals surface area contributed by atoms with Crippen LogP contribution in [0.15, 0.2) is 102 Å². The van der Waals surface area contributed by atoms with E-state index < -0.39 is 22.5 Å².